The van der Waals surface area contributed by atoms with Gasteiger partial charge in [-0.25, -0.2) is 9.37 Å². The molecule has 19 heavy (non-hydrogen) atoms. The number of hydrogen-bond donors (Lipinski definition) is 1. The smallest absolute Gasteiger partial charge is 0.141 e. The van der Waals surface area contributed by atoms with Crippen molar-refractivity contribution in [2.45, 2.75) is 32.4 Å². The van der Waals surface area contributed by atoms with Crippen molar-refractivity contribution >= 4 is 11.6 Å². The van der Waals surface area contributed by atoms with Crippen LogP contribution < -0.4 is 5.73 Å². The minimum Gasteiger partial charge on any atom is -0.330 e. The first kappa shape index (κ1) is 14.0. The highest BCUT2D eigenvalue weighted by Crippen LogP contribution is 2.17. The molecule has 0 spiro atoms. The van der Waals surface area contributed by atoms with Gasteiger partial charge in [0.2, 0.25) is 0 Å². The second kappa shape index (κ2) is 6.17. The van der Waals surface area contributed by atoms with Crippen LogP contribution in [0.4, 0.5) is 4.39 Å². The molecule has 0 aliphatic rings. The summed E-state index contributed by atoms with van der Waals surface area (Å²) < 4.78 is 15.1. The second-order valence-corrected chi connectivity index (χ2v) is 5.00. The van der Waals surface area contributed by atoms with Crippen LogP contribution in [0.5, 0.6) is 0 Å². The topological polar surface area (TPSA) is 43.8 Å². The maximum atomic E-state index is 13.1. The number of halogens is 2. The van der Waals surface area contributed by atoms with Crippen LogP contribution in [0.2, 0.25) is 5.02 Å². The number of benzene rings is 1. The van der Waals surface area contributed by atoms with E-state index in [0.29, 0.717) is 6.54 Å². The zero-order valence-corrected chi connectivity index (χ0v) is 11.6. The van der Waals surface area contributed by atoms with Gasteiger partial charge in [0.15, 0.2) is 0 Å². The fourth-order valence-corrected chi connectivity index (χ4v) is 2.09. The molecule has 0 aliphatic heterocycles. The van der Waals surface area contributed by atoms with Crippen molar-refractivity contribution in [2.24, 2.45) is 5.73 Å². The second-order valence-electron chi connectivity index (χ2n) is 4.59. The number of nitrogens with two attached hydrogens (primary N) is 1. The van der Waals surface area contributed by atoms with Crippen LogP contribution in [-0.2, 0) is 13.0 Å². The summed E-state index contributed by atoms with van der Waals surface area (Å²) in [6, 6.07) is 4.86. The third kappa shape index (κ3) is 3.55. The molecule has 102 valence electrons. The SMILES string of the molecule is CCC(N)Cc1nccn1Cc1ccc(F)c(Cl)c1. The molecule has 1 aromatic carbocycles. The quantitative estimate of drug-likeness (QED) is 0.915. The third-order valence-electron chi connectivity index (χ3n) is 3.11. The third-order valence-corrected chi connectivity index (χ3v) is 3.40. The largest absolute Gasteiger partial charge is 0.330 e. The highest BCUT2D eigenvalue weighted by atomic mass is 35.5. The molecule has 5 heteroatoms. The van der Waals surface area contributed by atoms with Crippen LogP contribution in [0.15, 0.2) is 30.6 Å². The van der Waals surface area contributed by atoms with Crippen LogP contribution in [0.25, 0.3) is 0 Å². The van der Waals surface area contributed by atoms with Crippen molar-refractivity contribution in [2.75, 3.05) is 0 Å². The van der Waals surface area contributed by atoms with E-state index in [4.69, 9.17) is 17.3 Å². The summed E-state index contributed by atoms with van der Waals surface area (Å²) in [4.78, 5) is 4.32. The van der Waals surface area contributed by atoms with E-state index >= 15 is 0 Å². The van der Waals surface area contributed by atoms with Gasteiger partial charge in [0.05, 0.1) is 5.02 Å². The van der Waals surface area contributed by atoms with Gasteiger partial charge in [0.25, 0.3) is 0 Å². The molecule has 0 bridgehead atoms. The number of hydrogen-bond acceptors (Lipinski definition) is 2. The Morgan fingerprint density at radius 3 is 2.95 bits per heavy atom. The lowest BCUT2D eigenvalue weighted by Crippen LogP contribution is -2.23. The zero-order chi connectivity index (χ0) is 13.8. The Balaban J connectivity index is 2.14. The summed E-state index contributed by atoms with van der Waals surface area (Å²) in [5, 5.41) is 0.143. The Labute approximate surface area is 117 Å². The van der Waals surface area contributed by atoms with Crippen LogP contribution >= 0.6 is 11.6 Å². The zero-order valence-electron chi connectivity index (χ0n) is 10.8. The molecule has 0 aliphatic carbocycles. The normalized spacial score (nSPS) is 12.6. The highest BCUT2D eigenvalue weighted by Gasteiger charge is 2.09. The predicted molar refractivity (Wildman–Crippen MR) is 74.7 cm³/mol. The van der Waals surface area contributed by atoms with E-state index in [9.17, 15) is 4.39 Å². The van der Waals surface area contributed by atoms with Crippen molar-refractivity contribution in [1.82, 2.24) is 9.55 Å². The number of nitrogens with zero attached hydrogens (tertiary/aromatic N) is 2. The Kier molecular flexibility index (Phi) is 4.56. The first-order chi connectivity index (χ1) is 9.10. The summed E-state index contributed by atoms with van der Waals surface area (Å²) in [6.45, 7) is 2.67. The molecule has 1 heterocycles. The van der Waals surface area contributed by atoms with Gasteiger partial charge in [-0.05, 0) is 24.1 Å². The minimum absolute atomic E-state index is 0.109. The lowest BCUT2D eigenvalue weighted by atomic mass is 10.1. The molecule has 3 nitrogen and oxygen atoms in total. The summed E-state index contributed by atoms with van der Waals surface area (Å²) in [5.74, 6) is 0.541. The summed E-state index contributed by atoms with van der Waals surface area (Å²) >= 11 is 5.78. The van der Waals surface area contributed by atoms with Crippen molar-refractivity contribution < 1.29 is 4.39 Å². The van der Waals surface area contributed by atoms with Crippen molar-refractivity contribution in [3.63, 3.8) is 0 Å². The highest BCUT2D eigenvalue weighted by molar-refractivity contribution is 6.30. The fourth-order valence-electron chi connectivity index (χ4n) is 1.89. The Morgan fingerprint density at radius 1 is 1.47 bits per heavy atom. The molecular weight excluding hydrogens is 265 g/mol. The standard InChI is InChI=1S/C14H17ClFN3/c1-2-11(17)8-14-18-5-6-19(14)9-10-3-4-13(16)12(15)7-10/h3-7,11H,2,8-9,17H2,1H3. The van der Waals surface area contributed by atoms with E-state index < -0.39 is 5.82 Å². The maximum absolute atomic E-state index is 13.1. The van der Waals surface area contributed by atoms with E-state index in [1.54, 1.807) is 18.3 Å². The summed E-state index contributed by atoms with van der Waals surface area (Å²) in [6.07, 6.45) is 5.30. The first-order valence-corrected chi connectivity index (χ1v) is 6.67. The van der Waals surface area contributed by atoms with Gasteiger partial charge in [0.1, 0.15) is 11.6 Å². The molecule has 2 N–H and O–H groups in total. The number of aromatic nitrogens is 2. The molecule has 0 amide bonds. The Bertz CT molecular complexity index is 553. The van der Waals surface area contributed by atoms with Crippen LogP contribution in [-0.4, -0.2) is 15.6 Å². The van der Waals surface area contributed by atoms with E-state index in [1.807, 2.05) is 10.8 Å². The minimum atomic E-state index is -0.399. The average Bonchev–Trinajstić information content (AvgIpc) is 2.81. The first-order valence-electron chi connectivity index (χ1n) is 6.29. The monoisotopic (exact) mass is 281 g/mol. The Morgan fingerprint density at radius 2 is 2.26 bits per heavy atom. The molecule has 2 rings (SSSR count). The van der Waals surface area contributed by atoms with E-state index in [-0.39, 0.29) is 11.1 Å². The predicted octanol–water partition coefficient (Wildman–Crippen LogP) is 3.00. The lowest BCUT2D eigenvalue weighted by Gasteiger charge is -2.11. The van der Waals surface area contributed by atoms with Crippen LogP contribution in [0, 0.1) is 5.82 Å². The van der Waals surface area contributed by atoms with Gasteiger partial charge in [0, 0.05) is 31.4 Å². The molecule has 1 unspecified atom stereocenters. The van der Waals surface area contributed by atoms with Crippen molar-refractivity contribution in [3.8, 4) is 0 Å². The van der Waals surface area contributed by atoms with E-state index in [2.05, 4.69) is 11.9 Å². The molecule has 0 saturated carbocycles. The van der Waals surface area contributed by atoms with Gasteiger partial charge in [-0.3, -0.25) is 0 Å². The molecule has 2 aromatic rings. The fraction of sp³-hybridized carbons (Fsp3) is 0.357. The van der Waals surface area contributed by atoms with Crippen LogP contribution in [0.3, 0.4) is 0 Å². The van der Waals surface area contributed by atoms with Crippen LogP contribution in [0.1, 0.15) is 24.7 Å². The van der Waals surface area contributed by atoms with Gasteiger partial charge < -0.3 is 10.3 Å². The average molecular weight is 282 g/mol. The van der Waals surface area contributed by atoms with Gasteiger partial charge in [-0.2, -0.15) is 0 Å². The van der Waals surface area contributed by atoms with Gasteiger partial charge in [-0.1, -0.05) is 24.6 Å². The van der Waals surface area contributed by atoms with Crippen molar-refractivity contribution in [1.29, 1.82) is 0 Å². The summed E-state index contributed by atoms with van der Waals surface area (Å²) in [7, 11) is 0. The van der Waals surface area contributed by atoms with E-state index in [0.717, 1.165) is 24.2 Å². The molecule has 0 radical (unpaired) electrons. The number of imidazole rings is 1. The van der Waals surface area contributed by atoms with Gasteiger partial charge >= 0.3 is 0 Å². The molecule has 1 atom stereocenters. The summed E-state index contributed by atoms with van der Waals surface area (Å²) in [5.41, 5.74) is 6.89. The molecule has 0 saturated heterocycles. The lowest BCUT2D eigenvalue weighted by molar-refractivity contribution is 0.596. The molecular formula is C14H17ClFN3. The molecule has 1 aromatic heterocycles. The van der Waals surface area contributed by atoms with Crippen molar-refractivity contribution in [3.05, 3.63) is 52.8 Å². The number of rotatable bonds is 5. The Hall–Kier alpha value is -1.39. The maximum Gasteiger partial charge on any atom is 0.141 e. The van der Waals surface area contributed by atoms with E-state index in [1.165, 1.54) is 6.07 Å². The molecule has 0 fully saturated rings. The van der Waals surface area contributed by atoms with Gasteiger partial charge in [-0.15, -0.1) is 0 Å².